The predicted octanol–water partition coefficient (Wildman–Crippen LogP) is 3.96. The molecule has 7 nitrogen and oxygen atoms in total. The summed E-state index contributed by atoms with van der Waals surface area (Å²) in [6.45, 7) is 0.785. The highest BCUT2D eigenvalue weighted by Gasteiger charge is 2.14. The van der Waals surface area contributed by atoms with Crippen LogP contribution in [0.3, 0.4) is 0 Å². The van der Waals surface area contributed by atoms with Gasteiger partial charge in [0.1, 0.15) is 17.9 Å². The van der Waals surface area contributed by atoms with E-state index in [0.29, 0.717) is 22.3 Å². The molecule has 0 fully saturated rings. The summed E-state index contributed by atoms with van der Waals surface area (Å²) in [5.74, 6) is 1.17. The van der Waals surface area contributed by atoms with Crippen LogP contribution in [0.15, 0.2) is 54.9 Å². The zero-order chi connectivity index (χ0) is 19.7. The van der Waals surface area contributed by atoms with Crippen molar-refractivity contribution in [1.82, 2.24) is 24.5 Å². The summed E-state index contributed by atoms with van der Waals surface area (Å²) in [5.41, 5.74) is 3.41. The maximum atomic E-state index is 10.2. The molecule has 0 bridgehead atoms. The smallest absolute Gasteiger partial charge is 0.254 e. The summed E-state index contributed by atoms with van der Waals surface area (Å²) < 4.78 is 1.58. The van der Waals surface area contributed by atoms with Gasteiger partial charge in [-0.1, -0.05) is 35.9 Å². The third kappa shape index (κ3) is 3.62. The molecule has 4 rings (SSSR count). The average Bonchev–Trinajstić information content (AvgIpc) is 3.13. The van der Waals surface area contributed by atoms with Gasteiger partial charge < -0.3 is 15.3 Å². The summed E-state index contributed by atoms with van der Waals surface area (Å²) in [6.07, 6.45) is 1.45. The number of hydrogen-bond acceptors (Lipinski definition) is 6. The fraction of sp³-hybridized carbons (Fsp3) is 0.150. The normalized spacial score (nSPS) is 11.3. The van der Waals surface area contributed by atoms with E-state index in [1.807, 2.05) is 38.4 Å². The quantitative estimate of drug-likeness (QED) is 0.499. The number of fused-ring (bicyclic) bond motifs is 1. The molecular formula is C20H19ClN6O. The van der Waals surface area contributed by atoms with Gasteiger partial charge in [0.15, 0.2) is 0 Å². The number of hydrogen-bond donors (Lipinski definition) is 2. The van der Waals surface area contributed by atoms with E-state index in [2.05, 4.69) is 31.3 Å². The lowest BCUT2D eigenvalue weighted by Crippen LogP contribution is -2.12. The Balaban J connectivity index is 1.84. The van der Waals surface area contributed by atoms with Gasteiger partial charge in [0.25, 0.3) is 5.78 Å². The van der Waals surface area contributed by atoms with E-state index in [0.717, 1.165) is 23.4 Å². The Hall–Kier alpha value is -3.16. The summed E-state index contributed by atoms with van der Waals surface area (Å²) in [6, 6.07) is 14.8. The molecule has 142 valence electrons. The summed E-state index contributed by atoms with van der Waals surface area (Å²) in [5, 5.41) is 18.1. The molecule has 0 amide bonds. The van der Waals surface area contributed by atoms with Crippen LogP contribution in [0.5, 0.6) is 5.75 Å². The number of rotatable bonds is 5. The van der Waals surface area contributed by atoms with Gasteiger partial charge in [-0.15, -0.1) is 0 Å². The average molecular weight is 395 g/mol. The van der Waals surface area contributed by atoms with Crippen molar-refractivity contribution in [2.75, 3.05) is 19.4 Å². The number of phenolic OH excluding ortho intramolecular Hbond substituents is 1. The lowest BCUT2D eigenvalue weighted by atomic mass is 10.0. The van der Waals surface area contributed by atoms with Crippen LogP contribution in [-0.2, 0) is 6.54 Å². The van der Waals surface area contributed by atoms with Crippen molar-refractivity contribution in [3.05, 3.63) is 65.4 Å². The minimum Gasteiger partial charge on any atom is -0.506 e. The summed E-state index contributed by atoms with van der Waals surface area (Å²) in [7, 11) is 4.06. The van der Waals surface area contributed by atoms with Gasteiger partial charge in [0.2, 0.25) is 0 Å². The minimum atomic E-state index is 0.0871. The number of aromatic hydroxyl groups is 1. The summed E-state index contributed by atoms with van der Waals surface area (Å²) >= 11 is 6.07. The Morgan fingerprint density at radius 2 is 1.96 bits per heavy atom. The van der Waals surface area contributed by atoms with E-state index >= 15 is 0 Å². The highest BCUT2D eigenvalue weighted by atomic mass is 35.5. The maximum absolute atomic E-state index is 10.2. The predicted molar refractivity (Wildman–Crippen MR) is 110 cm³/mol. The van der Waals surface area contributed by atoms with Crippen molar-refractivity contribution in [2.24, 2.45) is 0 Å². The topological polar surface area (TPSA) is 78.6 Å². The van der Waals surface area contributed by atoms with E-state index in [-0.39, 0.29) is 5.75 Å². The molecule has 0 atom stereocenters. The lowest BCUT2D eigenvalue weighted by Gasteiger charge is -2.15. The van der Waals surface area contributed by atoms with Crippen LogP contribution in [0.2, 0.25) is 5.02 Å². The number of halogens is 1. The van der Waals surface area contributed by atoms with Crippen LogP contribution in [0, 0.1) is 0 Å². The Morgan fingerprint density at radius 3 is 2.79 bits per heavy atom. The van der Waals surface area contributed by atoms with Crippen molar-refractivity contribution in [3.8, 4) is 17.0 Å². The molecule has 2 aromatic heterocycles. The van der Waals surface area contributed by atoms with Crippen LogP contribution in [0.4, 0.5) is 11.5 Å². The van der Waals surface area contributed by atoms with Crippen LogP contribution in [-0.4, -0.2) is 43.7 Å². The number of nitrogens with one attached hydrogen (secondary N) is 1. The third-order valence-electron chi connectivity index (χ3n) is 4.25. The molecule has 2 aromatic carbocycles. The van der Waals surface area contributed by atoms with Crippen molar-refractivity contribution in [3.63, 3.8) is 0 Å². The Labute approximate surface area is 167 Å². The Morgan fingerprint density at radius 1 is 1.14 bits per heavy atom. The third-order valence-corrected chi connectivity index (χ3v) is 4.49. The molecule has 4 aromatic rings. The van der Waals surface area contributed by atoms with Gasteiger partial charge in [0.05, 0.1) is 11.4 Å². The van der Waals surface area contributed by atoms with E-state index in [1.54, 1.807) is 16.6 Å². The first-order valence-corrected chi connectivity index (χ1v) is 9.08. The monoisotopic (exact) mass is 394 g/mol. The highest BCUT2D eigenvalue weighted by Crippen LogP contribution is 2.31. The van der Waals surface area contributed by atoms with Crippen LogP contribution in [0.1, 0.15) is 5.56 Å². The second kappa shape index (κ2) is 7.46. The molecule has 0 aliphatic heterocycles. The number of benzene rings is 2. The number of phenols is 1. The van der Waals surface area contributed by atoms with Crippen LogP contribution < -0.4 is 5.32 Å². The van der Waals surface area contributed by atoms with Crippen molar-refractivity contribution in [1.29, 1.82) is 0 Å². The number of aromatic nitrogens is 4. The van der Waals surface area contributed by atoms with Gasteiger partial charge in [-0.25, -0.2) is 4.98 Å². The first-order valence-electron chi connectivity index (χ1n) is 8.70. The molecule has 8 heteroatoms. The standard InChI is InChI=1S/C20H19ClN6O/c1-26(2)11-13-5-3-4-6-15(13)16-10-19(27-20(25-16)22-12-23-27)24-17-9-14(21)7-8-18(17)28/h3-10,12,24,28H,11H2,1-2H3. The fourth-order valence-corrected chi connectivity index (χ4v) is 3.21. The molecule has 2 N–H and O–H groups in total. The largest absolute Gasteiger partial charge is 0.506 e. The molecule has 0 spiro atoms. The lowest BCUT2D eigenvalue weighted by molar-refractivity contribution is 0.403. The SMILES string of the molecule is CN(C)Cc1ccccc1-c1cc(Nc2cc(Cl)ccc2O)n2ncnc2n1. The first kappa shape index (κ1) is 18.2. The Bertz CT molecular complexity index is 1140. The molecule has 0 aliphatic rings. The minimum absolute atomic E-state index is 0.0871. The zero-order valence-electron chi connectivity index (χ0n) is 15.5. The molecule has 0 saturated carbocycles. The molecule has 0 radical (unpaired) electrons. The highest BCUT2D eigenvalue weighted by molar-refractivity contribution is 6.31. The first-order chi connectivity index (χ1) is 13.5. The second-order valence-corrected chi connectivity index (χ2v) is 7.12. The fourth-order valence-electron chi connectivity index (χ4n) is 3.03. The summed E-state index contributed by atoms with van der Waals surface area (Å²) in [4.78, 5) is 11.0. The van der Waals surface area contributed by atoms with Gasteiger partial charge in [0, 0.05) is 23.2 Å². The molecule has 28 heavy (non-hydrogen) atoms. The maximum Gasteiger partial charge on any atom is 0.254 e. The molecule has 2 heterocycles. The second-order valence-electron chi connectivity index (χ2n) is 6.68. The molecule has 0 aliphatic carbocycles. The number of anilines is 2. The molecule has 0 unspecified atom stereocenters. The molecule has 0 saturated heterocycles. The van der Waals surface area contributed by atoms with Gasteiger partial charge >= 0.3 is 0 Å². The van der Waals surface area contributed by atoms with E-state index in [1.165, 1.54) is 12.4 Å². The van der Waals surface area contributed by atoms with E-state index in [4.69, 9.17) is 11.6 Å². The molecular weight excluding hydrogens is 376 g/mol. The zero-order valence-corrected chi connectivity index (χ0v) is 16.2. The Kier molecular flexibility index (Phi) is 4.85. The van der Waals surface area contributed by atoms with E-state index in [9.17, 15) is 5.11 Å². The number of nitrogens with zero attached hydrogens (tertiary/aromatic N) is 5. The van der Waals surface area contributed by atoms with Crippen molar-refractivity contribution >= 4 is 28.9 Å². The van der Waals surface area contributed by atoms with Gasteiger partial charge in [-0.3, -0.25) is 0 Å². The van der Waals surface area contributed by atoms with Crippen LogP contribution in [0.25, 0.3) is 17.0 Å². The van der Waals surface area contributed by atoms with Gasteiger partial charge in [-0.05, 0) is 37.9 Å². The van der Waals surface area contributed by atoms with Crippen molar-refractivity contribution < 1.29 is 5.11 Å². The van der Waals surface area contributed by atoms with E-state index < -0.39 is 0 Å². The van der Waals surface area contributed by atoms with Crippen LogP contribution >= 0.6 is 11.6 Å². The van der Waals surface area contributed by atoms with Crippen molar-refractivity contribution in [2.45, 2.75) is 6.54 Å². The van der Waals surface area contributed by atoms with Gasteiger partial charge in [-0.2, -0.15) is 14.6 Å².